The lowest BCUT2D eigenvalue weighted by atomic mass is 10.1. The molecule has 0 saturated carbocycles. The second-order valence-corrected chi connectivity index (χ2v) is 9.13. The predicted molar refractivity (Wildman–Crippen MR) is 132 cm³/mol. The van der Waals surface area contributed by atoms with Gasteiger partial charge in [-0.2, -0.15) is 0 Å². The minimum atomic E-state index is -0.496. The first-order chi connectivity index (χ1) is 15.0. The number of rotatable bonds is 12. The molecule has 0 unspecified atom stereocenters. The lowest BCUT2D eigenvalue weighted by molar-refractivity contribution is -0.139. The van der Waals surface area contributed by atoms with E-state index >= 15 is 0 Å². The first-order valence-electron chi connectivity index (χ1n) is 10.6. The number of hydrogen-bond acceptors (Lipinski definition) is 3. The molecule has 0 saturated heterocycles. The maximum Gasteiger partial charge on any atom is 0.242 e. The molecule has 0 bridgehead atoms. The van der Waals surface area contributed by atoms with Gasteiger partial charge in [0.05, 0.1) is 5.75 Å². The highest BCUT2D eigenvalue weighted by atomic mass is 35.5. The van der Waals surface area contributed by atoms with Gasteiger partial charge in [0.2, 0.25) is 11.8 Å². The smallest absolute Gasteiger partial charge is 0.242 e. The fourth-order valence-corrected chi connectivity index (χ4v) is 4.64. The minimum Gasteiger partial charge on any atom is -0.354 e. The highest BCUT2D eigenvalue weighted by Gasteiger charge is 2.28. The van der Waals surface area contributed by atoms with Gasteiger partial charge in [0.25, 0.3) is 0 Å². The van der Waals surface area contributed by atoms with Crippen molar-refractivity contribution in [3.63, 3.8) is 0 Å². The van der Waals surface area contributed by atoms with Crippen LogP contribution < -0.4 is 5.32 Å². The molecule has 31 heavy (non-hydrogen) atoms. The summed E-state index contributed by atoms with van der Waals surface area (Å²) >= 11 is 13.7. The molecule has 0 aromatic heterocycles. The largest absolute Gasteiger partial charge is 0.354 e. The van der Waals surface area contributed by atoms with Crippen molar-refractivity contribution in [1.29, 1.82) is 0 Å². The molecule has 0 spiro atoms. The first kappa shape index (κ1) is 25.6. The normalized spacial score (nSPS) is 11.7. The van der Waals surface area contributed by atoms with Gasteiger partial charge in [-0.1, -0.05) is 79.9 Å². The molecule has 7 heteroatoms. The van der Waals surface area contributed by atoms with E-state index in [9.17, 15) is 9.59 Å². The van der Waals surface area contributed by atoms with E-state index in [-0.39, 0.29) is 17.6 Å². The molecule has 4 nitrogen and oxygen atoms in total. The molecule has 2 amide bonds. The van der Waals surface area contributed by atoms with Crippen LogP contribution in [-0.2, 0) is 21.9 Å². The number of carbonyl (C=O) groups is 2. The van der Waals surface area contributed by atoms with E-state index < -0.39 is 6.04 Å². The summed E-state index contributed by atoms with van der Waals surface area (Å²) in [6.45, 7) is 5.06. The summed E-state index contributed by atoms with van der Waals surface area (Å²) < 4.78 is 0. The van der Waals surface area contributed by atoms with Gasteiger partial charge in [-0.05, 0) is 36.1 Å². The van der Waals surface area contributed by atoms with Crippen molar-refractivity contribution in [3.05, 3.63) is 69.7 Å². The van der Waals surface area contributed by atoms with Crippen LogP contribution >= 0.6 is 35.0 Å². The van der Waals surface area contributed by atoms with Crippen LogP contribution in [0.3, 0.4) is 0 Å². The minimum absolute atomic E-state index is 0.0589. The van der Waals surface area contributed by atoms with Gasteiger partial charge in [0.15, 0.2) is 0 Å². The predicted octanol–water partition coefficient (Wildman–Crippen LogP) is 5.95. The Morgan fingerprint density at radius 2 is 1.84 bits per heavy atom. The second kappa shape index (κ2) is 13.7. The summed E-state index contributed by atoms with van der Waals surface area (Å²) in [6, 6.07) is 14.7. The van der Waals surface area contributed by atoms with Crippen molar-refractivity contribution in [3.8, 4) is 0 Å². The second-order valence-electron chi connectivity index (χ2n) is 7.30. The number of nitrogens with zero attached hydrogens (tertiary/aromatic N) is 1. The van der Waals surface area contributed by atoms with Crippen molar-refractivity contribution in [1.82, 2.24) is 10.2 Å². The molecular weight excluding hydrogens is 451 g/mol. The number of amides is 2. The fraction of sp³-hybridized carbons (Fsp3) is 0.417. The zero-order chi connectivity index (χ0) is 22.6. The lowest BCUT2D eigenvalue weighted by Crippen LogP contribution is -2.49. The molecule has 0 aliphatic heterocycles. The average Bonchev–Trinajstić information content (AvgIpc) is 2.76. The molecule has 0 radical (unpaired) electrons. The van der Waals surface area contributed by atoms with E-state index in [4.69, 9.17) is 23.2 Å². The third-order valence-electron chi connectivity index (χ3n) is 4.91. The van der Waals surface area contributed by atoms with Crippen molar-refractivity contribution < 1.29 is 9.59 Å². The molecule has 0 aliphatic carbocycles. The van der Waals surface area contributed by atoms with Crippen LogP contribution in [0.1, 0.15) is 44.2 Å². The van der Waals surface area contributed by atoms with Gasteiger partial charge in [-0.3, -0.25) is 9.59 Å². The van der Waals surface area contributed by atoms with Crippen molar-refractivity contribution in [2.24, 2.45) is 0 Å². The highest BCUT2D eigenvalue weighted by molar-refractivity contribution is 7.99. The van der Waals surface area contributed by atoms with Gasteiger partial charge in [0.1, 0.15) is 6.04 Å². The third-order valence-corrected chi connectivity index (χ3v) is 6.46. The van der Waals surface area contributed by atoms with Gasteiger partial charge in [0, 0.05) is 28.9 Å². The zero-order valence-corrected chi connectivity index (χ0v) is 20.4. The number of carbonyl (C=O) groups excluding carboxylic acids is 2. The van der Waals surface area contributed by atoms with E-state index in [1.54, 1.807) is 17.0 Å². The maximum absolute atomic E-state index is 13.2. The van der Waals surface area contributed by atoms with Gasteiger partial charge in [-0.25, -0.2) is 0 Å². The quantitative estimate of drug-likeness (QED) is 0.381. The van der Waals surface area contributed by atoms with Crippen molar-refractivity contribution in [2.75, 3.05) is 12.3 Å². The van der Waals surface area contributed by atoms with Crippen LogP contribution in [-0.4, -0.2) is 35.1 Å². The van der Waals surface area contributed by atoms with E-state index in [0.29, 0.717) is 35.3 Å². The summed E-state index contributed by atoms with van der Waals surface area (Å²) in [5.74, 6) is 0.715. The number of halogens is 2. The van der Waals surface area contributed by atoms with Gasteiger partial charge < -0.3 is 10.2 Å². The number of thioether (sulfide) groups is 1. The standard InChI is InChI=1S/C24H30Cl2N2O2S/c1-3-5-13-27-24(30)22(4-2)28(15-18-9-7-6-8-10-18)23(29)17-31-16-19-11-12-20(25)14-21(19)26/h6-12,14,22H,3-5,13,15-17H2,1-2H3,(H,27,30)/t22-/m0/s1. The number of nitrogens with one attached hydrogen (secondary N) is 1. The summed E-state index contributed by atoms with van der Waals surface area (Å²) in [6.07, 6.45) is 2.49. The Morgan fingerprint density at radius 1 is 1.10 bits per heavy atom. The lowest BCUT2D eigenvalue weighted by Gasteiger charge is -2.30. The Kier molecular flexibility index (Phi) is 11.3. The summed E-state index contributed by atoms with van der Waals surface area (Å²) in [4.78, 5) is 27.7. The van der Waals surface area contributed by atoms with E-state index in [1.165, 1.54) is 11.8 Å². The highest BCUT2D eigenvalue weighted by Crippen LogP contribution is 2.25. The molecule has 1 atom stereocenters. The van der Waals surface area contributed by atoms with Crippen LogP contribution in [0.5, 0.6) is 0 Å². The van der Waals surface area contributed by atoms with Crippen LogP contribution in [0.4, 0.5) is 0 Å². The molecule has 2 aromatic rings. The number of unbranched alkanes of at least 4 members (excludes halogenated alkanes) is 1. The molecule has 2 aromatic carbocycles. The van der Waals surface area contributed by atoms with Crippen LogP contribution in [0.25, 0.3) is 0 Å². The first-order valence-corrected chi connectivity index (χ1v) is 12.5. The summed E-state index contributed by atoms with van der Waals surface area (Å²) in [5, 5.41) is 4.16. The maximum atomic E-state index is 13.2. The summed E-state index contributed by atoms with van der Waals surface area (Å²) in [5.41, 5.74) is 1.93. The van der Waals surface area contributed by atoms with E-state index in [0.717, 1.165) is 24.0 Å². The van der Waals surface area contributed by atoms with E-state index in [2.05, 4.69) is 12.2 Å². The average molecular weight is 481 g/mol. The van der Waals surface area contributed by atoms with Crippen molar-refractivity contribution in [2.45, 2.75) is 51.4 Å². The molecule has 0 heterocycles. The Morgan fingerprint density at radius 3 is 2.48 bits per heavy atom. The van der Waals surface area contributed by atoms with Gasteiger partial charge in [-0.15, -0.1) is 11.8 Å². The monoisotopic (exact) mass is 480 g/mol. The molecular formula is C24H30Cl2N2O2S. The van der Waals surface area contributed by atoms with E-state index in [1.807, 2.05) is 43.3 Å². The third kappa shape index (κ3) is 8.40. The van der Waals surface area contributed by atoms with Crippen LogP contribution in [0.15, 0.2) is 48.5 Å². The molecule has 0 aliphatic rings. The molecule has 168 valence electrons. The zero-order valence-electron chi connectivity index (χ0n) is 18.1. The molecule has 0 fully saturated rings. The molecule has 1 N–H and O–H groups in total. The Bertz CT molecular complexity index is 849. The number of benzene rings is 2. The van der Waals surface area contributed by atoms with Gasteiger partial charge >= 0.3 is 0 Å². The fourth-order valence-electron chi connectivity index (χ4n) is 3.18. The Hall–Kier alpha value is -1.69. The number of hydrogen-bond donors (Lipinski definition) is 1. The van der Waals surface area contributed by atoms with Crippen LogP contribution in [0.2, 0.25) is 10.0 Å². The topological polar surface area (TPSA) is 49.4 Å². The summed E-state index contributed by atoms with van der Waals surface area (Å²) in [7, 11) is 0. The SMILES string of the molecule is CCCCNC(=O)[C@H](CC)N(Cc1ccccc1)C(=O)CSCc1ccc(Cl)cc1Cl. The van der Waals surface area contributed by atoms with Crippen LogP contribution in [0, 0.1) is 0 Å². The van der Waals surface area contributed by atoms with Crippen molar-refractivity contribution >= 4 is 46.8 Å². The molecule has 2 rings (SSSR count). The Labute approximate surface area is 199 Å². The Balaban J connectivity index is 2.08.